The monoisotopic (exact) mass is 275 g/mol. The van der Waals surface area contributed by atoms with Crippen LogP contribution in [0.4, 0.5) is 0 Å². The molecule has 0 aliphatic carbocycles. The van der Waals surface area contributed by atoms with Crippen LogP contribution in [0.2, 0.25) is 0 Å². The average molecular weight is 275 g/mol. The summed E-state index contributed by atoms with van der Waals surface area (Å²) in [7, 11) is 0. The topological polar surface area (TPSA) is 21.3 Å². The Bertz CT molecular complexity index is 500. The molecule has 2 nitrogen and oxygen atoms in total. The van der Waals surface area contributed by atoms with Crippen LogP contribution in [-0.2, 0) is 13.2 Å². The van der Waals surface area contributed by atoms with Crippen LogP contribution in [0.25, 0.3) is 0 Å². The Morgan fingerprint density at radius 1 is 1.16 bits per heavy atom. The Morgan fingerprint density at radius 2 is 1.95 bits per heavy atom. The van der Waals surface area contributed by atoms with Crippen molar-refractivity contribution in [2.24, 2.45) is 0 Å². The van der Waals surface area contributed by atoms with Gasteiger partial charge in [-0.25, -0.2) is 0 Å². The minimum atomic E-state index is 0.112. The van der Waals surface area contributed by atoms with E-state index in [1.54, 1.807) is 11.3 Å². The second kappa shape index (κ2) is 6.22. The van der Waals surface area contributed by atoms with Crippen LogP contribution in [0.15, 0.2) is 41.1 Å². The van der Waals surface area contributed by atoms with Crippen LogP contribution in [0.1, 0.15) is 31.9 Å². The summed E-state index contributed by atoms with van der Waals surface area (Å²) in [4.78, 5) is 0. The molecule has 0 saturated heterocycles. The lowest BCUT2D eigenvalue weighted by Crippen LogP contribution is -2.35. The third kappa shape index (κ3) is 4.69. The second-order valence-electron chi connectivity index (χ2n) is 5.63. The number of rotatable bonds is 5. The molecule has 19 heavy (non-hydrogen) atoms. The summed E-state index contributed by atoms with van der Waals surface area (Å²) in [5, 5.41) is 7.69. The highest BCUT2D eigenvalue weighted by atomic mass is 32.1. The van der Waals surface area contributed by atoms with Crippen molar-refractivity contribution in [2.75, 3.05) is 0 Å². The Morgan fingerprint density at radius 3 is 2.63 bits per heavy atom. The zero-order chi connectivity index (χ0) is 13.7. The van der Waals surface area contributed by atoms with Crippen molar-refractivity contribution >= 4 is 11.3 Å². The fourth-order valence-corrected chi connectivity index (χ4v) is 2.34. The number of hydrogen-bond donors (Lipinski definition) is 1. The van der Waals surface area contributed by atoms with E-state index >= 15 is 0 Å². The van der Waals surface area contributed by atoms with E-state index in [1.165, 1.54) is 11.1 Å². The molecule has 0 fully saturated rings. The summed E-state index contributed by atoms with van der Waals surface area (Å²) in [5.74, 6) is 0.963. The molecule has 0 atom stereocenters. The van der Waals surface area contributed by atoms with Gasteiger partial charge in [-0.15, -0.1) is 0 Å². The average Bonchev–Trinajstić information content (AvgIpc) is 2.87. The molecule has 0 radical (unpaired) electrons. The van der Waals surface area contributed by atoms with Crippen LogP contribution in [0, 0.1) is 0 Å². The van der Waals surface area contributed by atoms with E-state index in [0.29, 0.717) is 6.61 Å². The van der Waals surface area contributed by atoms with Crippen LogP contribution >= 0.6 is 11.3 Å². The highest BCUT2D eigenvalue weighted by Crippen LogP contribution is 2.20. The smallest absolute Gasteiger partial charge is 0.124 e. The summed E-state index contributed by atoms with van der Waals surface area (Å²) in [6, 6.07) is 10.3. The van der Waals surface area contributed by atoms with E-state index in [1.807, 2.05) is 12.1 Å². The molecular formula is C16H21NOS. The minimum Gasteiger partial charge on any atom is -0.489 e. The van der Waals surface area contributed by atoms with Gasteiger partial charge in [0, 0.05) is 17.6 Å². The van der Waals surface area contributed by atoms with Crippen molar-refractivity contribution in [1.29, 1.82) is 0 Å². The first-order valence-electron chi connectivity index (χ1n) is 6.51. The van der Waals surface area contributed by atoms with Crippen molar-refractivity contribution in [2.45, 2.75) is 39.5 Å². The van der Waals surface area contributed by atoms with Crippen molar-refractivity contribution < 1.29 is 4.74 Å². The molecule has 1 aromatic heterocycles. The summed E-state index contributed by atoms with van der Waals surface area (Å²) < 4.78 is 5.91. The standard InChI is InChI=1S/C16H21NOS/c1-16(2,3)17-10-14-6-4-5-7-15(14)18-11-13-8-9-19-12-13/h4-9,12,17H,10-11H2,1-3H3. The normalized spacial score (nSPS) is 11.5. The van der Waals surface area contributed by atoms with Gasteiger partial charge >= 0.3 is 0 Å². The fourth-order valence-electron chi connectivity index (χ4n) is 1.69. The van der Waals surface area contributed by atoms with E-state index in [-0.39, 0.29) is 5.54 Å². The first kappa shape index (κ1) is 14.1. The quantitative estimate of drug-likeness (QED) is 0.882. The predicted octanol–water partition coefficient (Wildman–Crippen LogP) is 4.22. The van der Waals surface area contributed by atoms with Crippen LogP contribution in [-0.4, -0.2) is 5.54 Å². The molecule has 102 valence electrons. The maximum absolute atomic E-state index is 5.91. The second-order valence-corrected chi connectivity index (χ2v) is 6.41. The molecule has 0 unspecified atom stereocenters. The molecule has 0 spiro atoms. The van der Waals surface area contributed by atoms with Crippen molar-refractivity contribution in [3.05, 3.63) is 52.2 Å². The van der Waals surface area contributed by atoms with E-state index in [0.717, 1.165) is 12.3 Å². The molecule has 0 aliphatic heterocycles. The molecule has 2 aromatic rings. The molecule has 2 rings (SSSR count). The zero-order valence-corrected chi connectivity index (χ0v) is 12.6. The molecular weight excluding hydrogens is 254 g/mol. The molecule has 1 N–H and O–H groups in total. The van der Waals surface area contributed by atoms with E-state index in [9.17, 15) is 0 Å². The third-order valence-electron chi connectivity index (χ3n) is 2.76. The zero-order valence-electron chi connectivity index (χ0n) is 11.8. The van der Waals surface area contributed by atoms with Gasteiger partial charge in [-0.2, -0.15) is 11.3 Å². The Balaban J connectivity index is 1.99. The lowest BCUT2D eigenvalue weighted by Gasteiger charge is -2.21. The van der Waals surface area contributed by atoms with Gasteiger partial charge in [0.1, 0.15) is 12.4 Å². The van der Waals surface area contributed by atoms with Gasteiger partial charge in [0.05, 0.1) is 0 Å². The SMILES string of the molecule is CC(C)(C)NCc1ccccc1OCc1ccsc1. The van der Waals surface area contributed by atoms with Gasteiger partial charge in [0.15, 0.2) is 0 Å². The van der Waals surface area contributed by atoms with Gasteiger partial charge in [-0.1, -0.05) is 18.2 Å². The van der Waals surface area contributed by atoms with Gasteiger partial charge in [0.2, 0.25) is 0 Å². The molecule has 0 bridgehead atoms. The first-order valence-corrected chi connectivity index (χ1v) is 7.46. The predicted molar refractivity (Wildman–Crippen MR) is 81.7 cm³/mol. The van der Waals surface area contributed by atoms with Crippen molar-refractivity contribution in [1.82, 2.24) is 5.32 Å². The van der Waals surface area contributed by atoms with Crippen molar-refractivity contribution in [3.8, 4) is 5.75 Å². The lowest BCUT2D eigenvalue weighted by molar-refractivity contribution is 0.300. The summed E-state index contributed by atoms with van der Waals surface area (Å²) in [5.41, 5.74) is 2.54. The summed E-state index contributed by atoms with van der Waals surface area (Å²) >= 11 is 1.70. The highest BCUT2D eigenvalue weighted by Gasteiger charge is 2.10. The van der Waals surface area contributed by atoms with Gasteiger partial charge in [-0.05, 0) is 49.2 Å². The number of benzene rings is 1. The largest absolute Gasteiger partial charge is 0.489 e. The lowest BCUT2D eigenvalue weighted by atomic mass is 10.1. The fraction of sp³-hybridized carbons (Fsp3) is 0.375. The Labute approximate surface area is 119 Å². The van der Waals surface area contributed by atoms with Gasteiger partial charge in [-0.3, -0.25) is 0 Å². The number of ether oxygens (including phenoxy) is 1. The van der Waals surface area contributed by atoms with E-state index in [2.05, 4.69) is 55.0 Å². The van der Waals surface area contributed by atoms with Gasteiger partial charge in [0.25, 0.3) is 0 Å². The third-order valence-corrected chi connectivity index (χ3v) is 3.49. The first-order chi connectivity index (χ1) is 9.04. The Hall–Kier alpha value is -1.32. The number of nitrogens with one attached hydrogen (secondary N) is 1. The summed E-state index contributed by atoms with van der Waals surface area (Å²) in [6.45, 7) is 7.96. The molecule has 3 heteroatoms. The maximum atomic E-state index is 5.91. The van der Waals surface area contributed by atoms with Gasteiger partial charge < -0.3 is 10.1 Å². The maximum Gasteiger partial charge on any atom is 0.124 e. The van der Waals surface area contributed by atoms with Crippen LogP contribution in [0.3, 0.4) is 0 Å². The van der Waals surface area contributed by atoms with E-state index in [4.69, 9.17) is 4.74 Å². The molecule has 1 heterocycles. The molecule has 0 aliphatic rings. The van der Waals surface area contributed by atoms with E-state index < -0.39 is 0 Å². The van der Waals surface area contributed by atoms with Crippen molar-refractivity contribution in [3.63, 3.8) is 0 Å². The molecule has 0 amide bonds. The number of thiophene rings is 1. The van der Waals surface area contributed by atoms with Crippen LogP contribution in [0.5, 0.6) is 5.75 Å². The minimum absolute atomic E-state index is 0.112. The number of para-hydroxylation sites is 1. The molecule has 1 aromatic carbocycles. The number of hydrogen-bond acceptors (Lipinski definition) is 3. The van der Waals surface area contributed by atoms with Crippen LogP contribution < -0.4 is 10.1 Å². The Kier molecular flexibility index (Phi) is 4.61. The summed E-state index contributed by atoms with van der Waals surface area (Å²) in [6.07, 6.45) is 0. The highest BCUT2D eigenvalue weighted by molar-refractivity contribution is 7.07. The molecule has 0 saturated carbocycles.